The molecule has 0 bridgehead atoms. The van der Waals surface area contributed by atoms with Gasteiger partial charge in [-0.1, -0.05) is 17.7 Å². The molecule has 0 spiro atoms. The number of hydrogen-bond donors (Lipinski definition) is 1. The topological polar surface area (TPSA) is 112 Å². The highest BCUT2D eigenvalue weighted by atomic mass is 35.5. The van der Waals surface area contributed by atoms with Crippen molar-refractivity contribution in [2.75, 3.05) is 26.5 Å². The molecule has 3 aromatic heterocycles. The summed E-state index contributed by atoms with van der Waals surface area (Å²) in [4.78, 5) is 47.1. The molecule has 4 rings (SSSR count). The molecule has 0 radical (unpaired) electrons. The van der Waals surface area contributed by atoms with Crippen molar-refractivity contribution >= 4 is 57.5 Å². The standard InChI is InChI=1S/C25H23ClN4O5S2/c1-13(31)35-10-9-27-24(33)20-23(36-4)21(32)22(34-3)19(30(20)2)18-12-37-25(29-18)17-7-5-14-11-15(26)6-8-16(14)28-17/h5-8,11-12H,9-10H2,1-4H3,(H,27,33). The smallest absolute Gasteiger partial charge is 0.302 e. The summed E-state index contributed by atoms with van der Waals surface area (Å²) in [6, 6.07) is 9.24. The van der Waals surface area contributed by atoms with Gasteiger partial charge in [0.25, 0.3) is 5.91 Å². The summed E-state index contributed by atoms with van der Waals surface area (Å²) < 4.78 is 12.0. The van der Waals surface area contributed by atoms with E-state index in [1.54, 1.807) is 29.3 Å². The van der Waals surface area contributed by atoms with Crippen molar-refractivity contribution in [1.82, 2.24) is 19.9 Å². The number of methoxy groups -OCH3 is 1. The van der Waals surface area contributed by atoms with Crippen LogP contribution in [0.3, 0.4) is 0 Å². The number of ether oxygens (including phenoxy) is 2. The first-order valence-corrected chi connectivity index (χ1v) is 13.5. The first-order chi connectivity index (χ1) is 17.7. The van der Waals surface area contributed by atoms with Gasteiger partial charge in [-0.25, -0.2) is 9.97 Å². The molecule has 1 N–H and O–H groups in total. The summed E-state index contributed by atoms with van der Waals surface area (Å²) in [5.41, 5.74) is 2.02. The van der Waals surface area contributed by atoms with Crippen LogP contribution in [0.5, 0.6) is 5.75 Å². The van der Waals surface area contributed by atoms with Crippen molar-refractivity contribution in [2.45, 2.75) is 11.8 Å². The van der Waals surface area contributed by atoms with E-state index >= 15 is 0 Å². The predicted molar refractivity (Wildman–Crippen MR) is 146 cm³/mol. The molecule has 1 aromatic carbocycles. The normalized spacial score (nSPS) is 10.9. The summed E-state index contributed by atoms with van der Waals surface area (Å²) >= 11 is 8.59. The Morgan fingerprint density at radius 2 is 1.97 bits per heavy atom. The fraction of sp³-hybridized carbons (Fsp3) is 0.240. The minimum atomic E-state index is -0.481. The molecule has 0 aliphatic rings. The number of halogens is 1. The van der Waals surface area contributed by atoms with Gasteiger partial charge in [-0.2, -0.15) is 0 Å². The maximum atomic E-state index is 13.3. The third kappa shape index (κ3) is 5.48. The van der Waals surface area contributed by atoms with Crippen molar-refractivity contribution in [3.05, 3.63) is 56.7 Å². The van der Waals surface area contributed by atoms with E-state index in [4.69, 9.17) is 26.1 Å². The second kappa shape index (κ2) is 11.3. The number of thiazole rings is 1. The van der Waals surface area contributed by atoms with Gasteiger partial charge in [-0.15, -0.1) is 23.1 Å². The molecular formula is C25H23ClN4O5S2. The molecule has 4 aromatic rings. The van der Waals surface area contributed by atoms with Crippen LogP contribution in [-0.4, -0.2) is 52.9 Å². The van der Waals surface area contributed by atoms with E-state index in [1.165, 1.54) is 25.4 Å². The number of rotatable bonds is 8. The minimum absolute atomic E-state index is 0.0209. The van der Waals surface area contributed by atoms with E-state index < -0.39 is 17.3 Å². The Bertz CT molecular complexity index is 1570. The van der Waals surface area contributed by atoms with Crippen molar-refractivity contribution in [3.8, 4) is 27.8 Å². The summed E-state index contributed by atoms with van der Waals surface area (Å²) in [7, 11) is 3.08. The molecule has 0 saturated carbocycles. The number of benzene rings is 1. The Kier molecular flexibility index (Phi) is 8.16. The number of amides is 1. The van der Waals surface area contributed by atoms with Crippen LogP contribution >= 0.6 is 34.7 Å². The Balaban J connectivity index is 1.76. The molecular weight excluding hydrogens is 536 g/mol. The van der Waals surface area contributed by atoms with Crippen LogP contribution < -0.4 is 15.5 Å². The lowest BCUT2D eigenvalue weighted by Crippen LogP contribution is -2.33. The molecule has 0 atom stereocenters. The second-order valence-corrected chi connectivity index (χ2v) is 9.93. The van der Waals surface area contributed by atoms with Gasteiger partial charge >= 0.3 is 5.97 Å². The second-order valence-electron chi connectivity index (χ2n) is 7.82. The van der Waals surface area contributed by atoms with Crippen LogP contribution in [0.15, 0.2) is 45.4 Å². The molecule has 0 aliphatic heterocycles. The van der Waals surface area contributed by atoms with Gasteiger partial charge < -0.3 is 19.4 Å². The largest absolute Gasteiger partial charge is 0.491 e. The average molecular weight is 559 g/mol. The number of thioether (sulfide) groups is 1. The maximum Gasteiger partial charge on any atom is 0.302 e. The molecule has 0 aliphatic carbocycles. The number of carbonyl (C=O) groups excluding carboxylic acids is 2. The molecule has 3 heterocycles. The van der Waals surface area contributed by atoms with Gasteiger partial charge in [0.1, 0.15) is 28.7 Å². The highest BCUT2D eigenvalue weighted by Gasteiger charge is 2.27. The minimum Gasteiger partial charge on any atom is -0.491 e. The molecule has 0 saturated heterocycles. The van der Waals surface area contributed by atoms with E-state index in [0.717, 1.165) is 22.7 Å². The first-order valence-electron chi connectivity index (χ1n) is 11.0. The quantitative estimate of drug-likeness (QED) is 0.192. The van der Waals surface area contributed by atoms with Crippen LogP contribution in [0.2, 0.25) is 5.02 Å². The van der Waals surface area contributed by atoms with E-state index in [-0.39, 0.29) is 29.5 Å². The molecule has 0 fully saturated rings. The summed E-state index contributed by atoms with van der Waals surface area (Å²) in [6.07, 6.45) is 1.71. The number of hydrogen-bond acceptors (Lipinski definition) is 9. The molecule has 12 heteroatoms. The zero-order chi connectivity index (χ0) is 26.7. The van der Waals surface area contributed by atoms with Crippen LogP contribution in [0.1, 0.15) is 17.4 Å². The lowest BCUT2D eigenvalue weighted by atomic mass is 10.2. The van der Waals surface area contributed by atoms with Crippen molar-refractivity contribution in [2.24, 2.45) is 7.05 Å². The highest BCUT2D eigenvalue weighted by molar-refractivity contribution is 7.98. The molecule has 192 valence electrons. The summed E-state index contributed by atoms with van der Waals surface area (Å²) in [6.45, 7) is 1.41. The third-order valence-corrected chi connectivity index (χ3v) is 7.33. The monoisotopic (exact) mass is 558 g/mol. The lowest BCUT2D eigenvalue weighted by molar-refractivity contribution is -0.140. The zero-order valence-electron chi connectivity index (χ0n) is 20.5. The number of nitrogens with one attached hydrogen (secondary N) is 1. The fourth-order valence-electron chi connectivity index (χ4n) is 3.82. The molecule has 37 heavy (non-hydrogen) atoms. The zero-order valence-corrected chi connectivity index (χ0v) is 22.8. The van der Waals surface area contributed by atoms with Gasteiger partial charge in [0.15, 0.2) is 5.75 Å². The van der Waals surface area contributed by atoms with Crippen LogP contribution in [-0.2, 0) is 16.6 Å². The number of nitrogens with zero attached hydrogens (tertiary/aromatic N) is 3. The third-order valence-electron chi connectivity index (χ3n) is 5.45. The van der Waals surface area contributed by atoms with Gasteiger partial charge in [0, 0.05) is 29.8 Å². The number of fused-ring (bicyclic) bond motifs is 1. The first kappa shape index (κ1) is 26.6. The van der Waals surface area contributed by atoms with E-state index in [0.29, 0.717) is 27.1 Å². The predicted octanol–water partition coefficient (Wildman–Crippen LogP) is 4.40. The Morgan fingerprint density at radius 3 is 2.68 bits per heavy atom. The van der Waals surface area contributed by atoms with E-state index in [9.17, 15) is 14.4 Å². The molecule has 0 unspecified atom stereocenters. The van der Waals surface area contributed by atoms with E-state index in [1.807, 2.05) is 24.3 Å². The number of esters is 1. The van der Waals surface area contributed by atoms with Crippen LogP contribution in [0.4, 0.5) is 0 Å². The average Bonchev–Trinajstić information content (AvgIpc) is 3.36. The maximum absolute atomic E-state index is 13.3. The van der Waals surface area contributed by atoms with Crippen molar-refractivity contribution in [3.63, 3.8) is 0 Å². The Morgan fingerprint density at radius 1 is 1.19 bits per heavy atom. The van der Waals surface area contributed by atoms with Gasteiger partial charge in [-0.3, -0.25) is 14.4 Å². The summed E-state index contributed by atoms with van der Waals surface area (Å²) in [5, 5.41) is 6.67. The highest BCUT2D eigenvalue weighted by Crippen LogP contribution is 2.35. The fourth-order valence-corrected chi connectivity index (χ4v) is 5.47. The van der Waals surface area contributed by atoms with Gasteiger partial charge in [0.05, 0.1) is 29.8 Å². The summed E-state index contributed by atoms with van der Waals surface area (Å²) in [5.74, 6) is -0.839. The Hall–Kier alpha value is -3.41. The SMILES string of the molecule is COc1c(-c2csc(-c3ccc4cc(Cl)ccc4n3)n2)n(C)c(C(=O)NCCOC(C)=O)c(SC)c1=O. The van der Waals surface area contributed by atoms with Gasteiger partial charge in [0.2, 0.25) is 5.43 Å². The number of pyridine rings is 2. The number of aromatic nitrogens is 3. The van der Waals surface area contributed by atoms with Crippen molar-refractivity contribution < 1.29 is 19.1 Å². The number of carbonyl (C=O) groups is 2. The molecule has 9 nitrogen and oxygen atoms in total. The van der Waals surface area contributed by atoms with Crippen LogP contribution in [0, 0.1) is 0 Å². The Labute approximate surface area is 225 Å². The van der Waals surface area contributed by atoms with Gasteiger partial charge in [-0.05, 0) is 30.5 Å². The van der Waals surface area contributed by atoms with Crippen LogP contribution in [0.25, 0.3) is 33.0 Å². The molecule has 1 amide bonds. The van der Waals surface area contributed by atoms with Crippen molar-refractivity contribution in [1.29, 1.82) is 0 Å². The van der Waals surface area contributed by atoms with E-state index in [2.05, 4.69) is 10.3 Å². The lowest BCUT2D eigenvalue weighted by Gasteiger charge is -2.19.